The van der Waals surface area contributed by atoms with Crippen LogP contribution in [0, 0.1) is 19.8 Å². The molecule has 0 amide bonds. The monoisotopic (exact) mass is 179 g/mol. The molecule has 0 spiro atoms. The largest absolute Gasteiger partial charge is 0.387 e. The summed E-state index contributed by atoms with van der Waals surface area (Å²) < 4.78 is 0. The van der Waals surface area contributed by atoms with Crippen LogP contribution in [0.4, 0.5) is 0 Å². The molecule has 1 fully saturated rings. The molecular formula is C11H17NO. The Labute approximate surface area is 79.0 Å². The molecule has 1 heterocycles. The van der Waals surface area contributed by atoms with Gasteiger partial charge in [-0.15, -0.1) is 0 Å². The minimum atomic E-state index is -0.277. The molecule has 0 aromatic carbocycles. The second-order valence-electron chi connectivity index (χ2n) is 4.21. The first-order chi connectivity index (χ1) is 6.18. The second-order valence-corrected chi connectivity index (χ2v) is 4.21. The van der Waals surface area contributed by atoms with Crippen LogP contribution in [0.2, 0.25) is 0 Å². The van der Waals surface area contributed by atoms with Crippen molar-refractivity contribution < 1.29 is 5.11 Å². The molecule has 1 aliphatic rings. The first kappa shape index (κ1) is 8.82. The summed E-state index contributed by atoms with van der Waals surface area (Å²) >= 11 is 0. The van der Waals surface area contributed by atoms with Crippen LogP contribution in [0.15, 0.2) is 6.20 Å². The van der Waals surface area contributed by atoms with Crippen molar-refractivity contribution in [1.29, 1.82) is 0 Å². The van der Waals surface area contributed by atoms with E-state index in [1.165, 1.54) is 24.0 Å². The van der Waals surface area contributed by atoms with E-state index in [4.69, 9.17) is 0 Å². The van der Waals surface area contributed by atoms with Crippen LogP contribution in [-0.4, -0.2) is 10.1 Å². The number of aliphatic hydroxyl groups excluding tert-OH is 1. The van der Waals surface area contributed by atoms with Gasteiger partial charge in [0.25, 0.3) is 0 Å². The van der Waals surface area contributed by atoms with Crippen molar-refractivity contribution in [2.75, 3.05) is 0 Å². The zero-order valence-electron chi connectivity index (χ0n) is 8.30. The first-order valence-corrected chi connectivity index (χ1v) is 5.01. The molecular weight excluding hydrogens is 162 g/mol. The van der Waals surface area contributed by atoms with Crippen LogP contribution in [0.1, 0.15) is 42.2 Å². The Balaban J connectivity index is 2.09. The summed E-state index contributed by atoms with van der Waals surface area (Å²) in [5.41, 5.74) is 3.47. The molecule has 1 aliphatic carbocycles. The molecule has 1 unspecified atom stereocenters. The van der Waals surface area contributed by atoms with Crippen molar-refractivity contribution in [2.45, 2.75) is 39.2 Å². The lowest BCUT2D eigenvalue weighted by Gasteiger charge is -2.09. The summed E-state index contributed by atoms with van der Waals surface area (Å²) in [6.45, 7) is 4.14. The maximum atomic E-state index is 9.89. The molecule has 1 atom stereocenters. The lowest BCUT2D eigenvalue weighted by Crippen LogP contribution is -2.00. The summed E-state index contributed by atoms with van der Waals surface area (Å²) in [6.07, 6.45) is 5.23. The van der Waals surface area contributed by atoms with Crippen LogP contribution in [0.5, 0.6) is 0 Å². The molecule has 0 aliphatic heterocycles. The van der Waals surface area contributed by atoms with Gasteiger partial charge < -0.3 is 10.1 Å². The normalized spacial score (nSPS) is 19.0. The van der Waals surface area contributed by atoms with E-state index in [0.29, 0.717) is 0 Å². The standard InChI is InChI=1S/C11H17NO/c1-7-6-12-11(8(7)2)10(13)5-9-3-4-9/h6,9-10,12-13H,3-5H2,1-2H3. The summed E-state index contributed by atoms with van der Waals surface area (Å²) in [5, 5.41) is 9.89. The molecule has 2 rings (SSSR count). The van der Waals surface area contributed by atoms with Gasteiger partial charge in [-0.3, -0.25) is 0 Å². The van der Waals surface area contributed by atoms with Gasteiger partial charge in [0.1, 0.15) is 0 Å². The number of H-pyrrole nitrogens is 1. The number of nitrogens with one attached hydrogen (secondary N) is 1. The zero-order valence-corrected chi connectivity index (χ0v) is 8.30. The molecule has 13 heavy (non-hydrogen) atoms. The van der Waals surface area contributed by atoms with Gasteiger partial charge in [-0.1, -0.05) is 12.8 Å². The van der Waals surface area contributed by atoms with Crippen molar-refractivity contribution in [1.82, 2.24) is 4.98 Å². The zero-order chi connectivity index (χ0) is 9.42. The number of aromatic nitrogens is 1. The second kappa shape index (κ2) is 3.18. The van der Waals surface area contributed by atoms with Crippen molar-refractivity contribution in [3.8, 4) is 0 Å². The van der Waals surface area contributed by atoms with Crippen LogP contribution in [0.3, 0.4) is 0 Å². The minimum Gasteiger partial charge on any atom is -0.387 e. The fraction of sp³-hybridized carbons (Fsp3) is 0.636. The van der Waals surface area contributed by atoms with E-state index in [2.05, 4.69) is 18.8 Å². The highest BCUT2D eigenvalue weighted by molar-refractivity contribution is 5.29. The predicted molar refractivity (Wildman–Crippen MR) is 52.6 cm³/mol. The molecule has 0 bridgehead atoms. The molecule has 1 aromatic heterocycles. The highest BCUT2D eigenvalue weighted by Crippen LogP contribution is 2.38. The minimum absolute atomic E-state index is 0.277. The molecule has 0 radical (unpaired) electrons. The Bertz CT molecular complexity index is 299. The molecule has 2 nitrogen and oxygen atoms in total. The number of rotatable bonds is 3. The van der Waals surface area contributed by atoms with Gasteiger partial charge in [0.15, 0.2) is 0 Å². The highest BCUT2D eigenvalue weighted by atomic mass is 16.3. The van der Waals surface area contributed by atoms with E-state index in [-0.39, 0.29) is 6.10 Å². The van der Waals surface area contributed by atoms with E-state index in [1.54, 1.807) is 0 Å². The third-order valence-electron chi connectivity index (χ3n) is 3.03. The van der Waals surface area contributed by atoms with E-state index < -0.39 is 0 Å². The SMILES string of the molecule is Cc1c[nH]c(C(O)CC2CC2)c1C. The average Bonchev–Trinajstić information content (AvgIpc) is 2.82. The molecule has 72 valence electrons. The maximum absolute atomic E-state index is 9.89. The fourth-order valence-corrected chi connectivity index (χ4v) is 1.75. The lowest BCUT2D eigenvalue weighted by atomic mass is 10.1. The third kappa shape index (κ3) is 1.78. The van der Waals surface area contributed by atoms with Gasteiger partial charge in [-0.2, -0.15) is 0 Å². The summed E-state index contributed by atoms with van der Waals surface area (Å²) in [7, 11) is 0. The van der Waals surface area contributed by atoms with Gasteiger partial charge in [-0.25, -0.2) is 0 Å². The van der Waals surface area contributed by atoms with Crippen molar-refractivity contribution in [2.24, 2.45) is 5.92 Å². The van der Waals surface area contributed by atoms with E-state index in [9.17, 15) is 5.11 Å². The van der Waals surface area contributed by atoms with Gasteiger partial charge in [-0.05, 0) is 37.3 Å². The Hall–Kier alpha value is -0.760. The molecule has 2 heteroatoms. The lowest BCUT2D eigenvalue weighted by molar-refractivity contribution is 0.155. The van der Waals surface area contributed by atoms with Gasteiger partial charge in [0.05, 0.1) is 6.10 Å². The maximum Gasteiger partial charge on any atom is 0.0943 e. The number of hydrogen-bond donors (Lipinski definition) is 2. The molecule has 1 aromatic rings. The predicted octanol–water partition coefficient (Wildman–Crippen LogP) is 2.47. The summed E-state index contributed by atoms with van der Waals surface area (Å²) in [5.74, 6) is 0.776. The van der Waals surface area contributed by atoms with E-state index in [0.717, 1.165) is 18.0 Å². The number of hydrogen-bond acceptors (Lipinski definition) is 1. The van der Waals surface area contributed by atoms with Gasteiger partial charge >= 0.3 is 0 Å². The van der Waals surface area contributed by atoms with Crippen LogP contribution >= 0.6 is 0 Å². The van der Waals surface area contributed by atoms with Gasteiger partial charge in [0, 0.05) is 11.9 Å². The Morgan fingerprint density at radius 3 is 2.69 bits per heavy atom. The molecule has 2 N–H and O–H groups in total. The summed E-state index contributed by atoms with van der Waals surface area (Å²) in [4.78, 5) is 3.16. The van der Waals surface area contributed by atoms with E-state index in [1.807, 2.05) is 6.20 Å². The Morgan fingerprint density at radius 2 is 2.23 bits per heavy atom. The number of aromatic amines is 1. The van der Waals surface area contributed by atoms with Crippen LogP contribution in [-0.2, 0) is 0 Å². The number of aryl methyl sites for hydroxylation is 1. The van der Waals surface area contributed by atoms with Crippen LogP contribution < -0.4 is 0 Å². The smallest absolute Gasteiger partial charge is 0.0943 e. The summed E-state index contributed by atoms with van der Waals surface area (Å²) in [6, 6.07) is 0. The van der Waals surface area contributed by atoms with Crippen molar-refractivity contribution in [3.63, 3.8) is 0 Å². The molecule has 0 saturated heterocycles. The Kier molecular flexibility index (Phi) is 2.16. The van der Waals surface area contributed by atoms with E-state index >= 15 is 0 Å². The van der Waals surface area contributed by atoms with Gasteiger partial charge in [0.2, 0.25) is 0 Å². The number of aliphatic hydroxyl groups is 1. The van der Waals surface area contributed by atoms with Crippen molar-refractivity contribution in [3.05, 3.63) is 23.0 Å². The molecule has 1 saturated carbocycles. The van der Waals surface area contributed by atoms with Crippen molar-refractivity contribution >= 4 is 0 Å². The first-order valence-electron chi connectivity index (χ1n) is 5.01. The third-order valence-corrected chi connectivity index (χ3v) is 3.03. The average molecular weight is 179 g/mol. The fourth-order valence-electron chi connectivity index (χ4n) is 1.75. The van der Waals surface area contributed by atoms with Crippen LogP contribution in [0.25, 0.3) is 0 Å². The topological polar surface area (TPSA) is 36.0 Å². The quantitative estimate of drug-likeness (QED) is 0.734. The Morgan fingerprint density at radius 1 is 1.54 bits per heavy atom. The highest BCUT2D eigenvalue weighted by Gasteiger charge is 2.26.